The number of carbonyl (C=O) groups excluding carboxylic acids is 2. The molecule has 0 saturated heterocycles. The number of ether oxygens (including phenoxy) is 2. The van der Waals surface area contributed by atoms with Gasteiger partial charge in [-0.2, -0.15) is 0 Å². The standard InChI is InChI=1S/C50H92NO11P/c1-8-10-12-13-21-27-32-45(52)46(53)33-28-22-20-25-30-36-49(54)58-40-44(41-60-63(56,57)59-39-38-51(5,6)7)61-50(55)37-31-24-19-17-15-14-16-18-23-29-35-48-43(4)42(3)47(62-48)34-26-11-9-2/h21,27,44-46,52-53H,8-20,22-26,28-41H2,1-7H3/b27-21-/t44-,45-,46-/m1/s1. The lowest BCUT2D eigenvalue weighted by Crippen LogP contribution is -2.37. The van der Waals surface area contributed by atoms with Crippen molar-refractivity contribution in [2.45, 2.75) is 226 Å². The number of likely N-dealkylation sites (N-methyl/N-ethyl adjacent to an activating group) is 1. The Kier molecular flexibility index (Phi) is 33.8. The number of quaternary nitrogens is 1. The van der Waals surface area contributed by atoms with Gasteiger partial charge in [0.25, 0.3) is 7.82 Å². The lowest BCUT2D eigenvalue weighted by Gasteiger charge is -2.28. The smallest absolute Gasteiger partial charge is 0.306 e. The highest BCUT2D eigenvalue weighted by Crippen LogP contribution is 2.38. The molecule has 0 aliphatic carbocycles. The molecule has 12 nitrogen and oxygen atoms in total. The zero-order valence-electron chi connectivity index (χ0n) is 41.0. The minimum absolute atomic E-state index is 0.0604. The van der Waals surface area contributed by atoms with Gasteiger partial charge in [0.1, 0.15) is 31.3 Å². The molecule has 0 amide bonds. The quantitative estimate of drug-likeness (QED) is 0.0211. The summed E-state index contributed by atoms with van der Waals surface area (Å²) in [5.41, 5.74) is 2.67. The predicted molar refractivity (Wildman–Crippen MR) is 251 cm³/mol. The van der Waals surface area contributed by atoms with E-state index in [1.165, 1.54) is 86.9 Å². The maximum Gasteiger partial charge on any atom is 0.306 e. The van der Waals surface area contributed by atoms with Crippen LogP contribution < -0.4 is 4.89 Å². The summed E-state index contributed by atoms with van der Waals surface area (Å²) in [4.78, 5) is 37.8. The van der Waals surface area contributed by atoms with Crippen molar-refractivity contribution in [3.8, 4) is 0 Å². The van der Waals surface area contributed by atoms with Gasteiger partial charge in [0.2, 0.25) is 0 Å². The van der Waals surface area contributed by atoms with Crippen molar-refractivity contribution in [1.29, 1.82) is 0 Å². The molecule has 0 spiro atoms. The second-order valence-corrected chi connectivity index (χ2v) is 20.1. The van der Waals surface area contributed by atoms with Crippen molar-refractivity contribution in [1.82, 2.24) is 0 Å². The Labute approximate surface area is 383 Å². The number of aliphatic hydroxyl groups excluding tert-OH is 2. The van der Waals surface area contributed by atoms with Crippen LogP contribution in [0.2, 0.25) is 0 Å². The zero-order valence-corrected chi connectivity index (χ0v) is 41.9. The Balaban J connectivity index is 2.34. The van der Waals surface area contributed by atoms with E-state index in [-0.39, 0.29) is 26.1 Å². The summed E-state index contributed by atoms with van der Waals surface area (Å²) in [6, 6.07) is 0. The lowest BCUT2D eigenvalue weighted by atomic mass is 10.0. The Morgan fingerprint density at radius 1 is 0.667 bits per heavy atom. The second kappa shape index (κ2) is 36.1. The molecule has 0 fully saturated rings. The lowest BCUT2D eigenvalue weighted by molar-refractivity contribution is -0.870. The molecule has 0 radical (unpaired) electrons. The van der Waals surface area contributed by atoms with Gasteiger partial charge in [0.15, 0.2) is 6.10 Å². The number of phosphoric ester groups is 1. The Morgan fingerprint density at radius 3 is 1.75 bits per heavy atom. The van der Waals surface area contributed by atoms with E-state index in [1.54, 1.807) is 0 Å². The molecular weight excluding hydrogens is 822 g/mol. The maximum absolute atomic E-state index is 12.8. The van der Waals surface area contributed by atoms with Crippen LogP contribution in [0.25, 0.3) is 0 Å². The van der Waals surface area contributed by atoms with E-state index in [0.29, 0.717) is 36.7 Å². The number of furan rings is 1. The SMILES string of the molecule is CCCCC/C=C\C[C@@H](O)[C@H](O)CCCCCCCC(=O)OC[C@H](COP(=O)([O-])OCC[N+](C)(C)C)OC(=O)CCCCCCCCCCCCc1oc(CCCCC)c(C)c1C. The summed E-state index contributed by atoms with van der Waals surface area (Å²) in [6.07, 6.45) is 27.9. The number of aryl methyl sites for hydroxylation is 2. The van der Waals surface area contributed by atoms with Gasteiger partial charge in [-0.3, -0.25) is 14.2 Å². The number of unbranched alkanes of at least 4 members (excludes halogenated alkanes) is 18. The molecule has 1 aromatic heterocycles. The summed E-state index contributed by atoms with van der Waals surface area (Å²) in [6.45, 7) is 8.34. The van der Waals surface area contributed by atoms with Crippen molar-refractivity contribution in [2.75, 3.05) is 47.5 Å². The van der Waals surface area contributed by atoms with Crippen molar-refractivity contribution >= 4 is 19.8 Å². The molecule has 13 heteroatoms. The van der Waals surface area contributed by atoms with Gasteiger partial charge < -0.3 is 42.5 Å². The minimum atomic E-state index is -4.67. The first-order valence-electron chi connectivity index (χ1n) is 24.9. The number of nitrogens with zero attached hydrogens (tertiary/aromatic N) is 1. The molecule has 1 rings (SSSR count). The third-order valence-corrected chi connectivity index (χ3v) is 12.7. The molecular formula is C50H92NO11P. The Bertz CT molecular complexity index is 1390. The molecule has 0 aliphatic heterocycles. The van der Waals surface area contributed by atoms with Crippen LogP contribution in [0.1, 0.15) is 203 Å². The van der Waals surface area contributed by atoms with Gasteiger partial charge in [-0.15, -0.1) is 0 Å². The fraction of sp³-hybridized carbons (Fsp3) is 0.840. The first-order chi connectivity index (χ1) is 30.1. The van der Waals surface area contributed by atoms with Crippen LogP contribution in [0.15, 0.2) is 16.6 Å². The highest BCUT2D eigenvalue weighted by molar-refractivity contribution is 7.45. The molecule has 368 valence electrons. The van der Waals surface area contributed by atoms with Crippen LogP contribution in [0, 0.1) is 13.8 Å². The summed E-state index contributed by atoms with van der Waals surface area (Å²) in [5, 5.41) is 20.5. The van der Waals surface area contributed by atoms with Crippen LogP contribution in [0.3, 0.4) is 0 Å². The molecule has 2 N–H and O–H groups in total. The molecule has 63 heavy (non-hydrogen) atoms. The maximum atomic E-state index is 12.8. The number of phosphoric acid groups is 1. The van der Waals surface area contributed by atoms with Gasteiger partial charge in [-0.25, -0.2) is 0 Å². The van der Waals surface area contributed by atoms with Crippen molar-refractivity contribution in [3.05, 3.63) is 34.8 Å². The average molecular weight is 914 g/mol. The van der Waals surface area contributed by atoms with E-state index in [9.17, 15) is 29.3 Å². The second-order valence-electron chi connectivity index (χ2n) is 18.7. The molecule has 4 atom stereocenters. The first kappa shape index (κ1) is 59.0. The summed E-state index contributed by atoms with van der Waals surface area (Å²) < 4.78 is 40.2. The van der Waals surface area contributed by atoms with E-state index in [2.05, 4.69) is 33.8 Å². The number of carbonyl (C=O) groups is 2. The van der Waals surface area contributed by atoms with Gasteiger partial charge in [-0.1, -0.05) is 129 Å². The van der Waals surface area contributed by atoms with Gasteiger partial charge in [-0.05, 0) is 76.3 Å². The third-order valence-electron chi connectivity index (χ3n) is 11.7. The molecule has 0 bridgehead atoms. The molecule has 0 saturated carbocycles. The van der Waals surface area contributed by atoms with Crippen molar-refractivity contribution < 1.29 is 56.7 Å². The van der Waals surface area contributed by atoms with Crippen molar-refractivity contribution in [2.24, 2.45) is 0 Å². The Hall–Kier alpha value is -2.05. The average Bonchev–Trinajstić information content (AvgIpc) is 3.50. The molecule has 1 unspecified atom stereocenters. The number of esters is 2. The number of allylic oxidation sites excluding steroid dienone is 1. The van der Waals surface area contributed by atoms with Crippen LogP contribution in [-0.4, -0.2) is 92.5 Å². The van der Waals surface area contributed by atoms with Crippen LogP contribution in [-0.2, 0) is 45.5 Å². The zero-order chi connectivity index (χ0) is 46.8. The molecule has 0 aromatic carbocycles. The van der Waals surface area contributed by atoms with E-state index in [0.717, 1.165) is 77.0 Å². The highest BCUT2D eigenvalue weighted by atomic mass is 31.2. The normalized spacial score (nSPS) is 14.5. The van der Waals surface area contributed by atoms with E-state index >= 15 is 0 Å². The monoisotopic (exact) mass is 914 g/mol. The fourth-order valence-electron chi connectivity index (χ4n) is 7.33. The number of rotatable bonds is 42. The molecule has 0 aliphatic rings. The van der Waals surface area contributed by atoms with Gasteiger partial charge in [0, 0.05) is 25.7 Å². The number of hydrogen-bond donors (Lipinski definition) is 2. The molecule has 1 aromatic rings. The van der Waals surface area contributed by atoms with E-state index in [1.807, 2.05) is 27.2 Å². The Morgan fingerprint density at radius 2 is 1.17 bits per heavy atom. The van der Waals surface area contributed by atoms with Gasteiger partial charge in [0.05, 0.1) is 40.0 Å². The summed E-state index contributed by atoms with van der Waals surface area (Å²) >= 11 is 0. The third kappa shape index (κ3) is 32.3. The summed E-state index contributed by atoms with van der Waals surface area (Å²) in [7, 11) is 1.07. The highest BCUT2D eigenvalue weighted by Gasteiger charge is 2.22. The number of aliphatic hydroxyl groups is 2. The topological polar surface area (TPSA) is 165 Å². The number of hydrogen-bond acceptors (Lipinski definition) is 11. The van der Waals surface area contributed by atoms with Crippen LogP contribution in [0.5, 0.6) is 0 Å². The fourth-order valence-corrected chi connectivity index (χ4v) is 8.06. The van der Waals surface area contributed by atoms with Crippen LogP contribution in [0.4, 0.5) is 0 Å². The van der Waals surface area contributed by atoms with Gasteiger partial charge >= 0.3 is 11.9 Å². The largest absolute Gasteiger partial charge is 0.756 e. The first-order valence-corrected chi connectivity index (χ1v) is 26.4. The minimum Gasteiger partial charge on any atom is -0.756 e. The summed E-state index contributed by atoms with van der Waals surface area (Å²) in [5.74, 6) is 1.40. The van der Waals surface area contributed by atoms with Crippen molar-refractivity contribution in [3.63, 3.8) is 0 Å². The predicted octanol–water partition coefficient (Wildman–Crippen LogP) is 11.1. The molecule has 1 heterocycles. The van der Waals surface area contributed by atoms with E-state index < -0.39 is 44.7 Å². The van der Waals surface area contributed by atoms with E-state index in [4.69, 9.17) is 22.9 Å². The van der Waals surface area contributed by atoms with Crippen LogP contribution >= 0.6 is 7.82 Å².